The average molecular weight is 231 g/mol. The number of hydrogen-bond acceptors (Lipinski definition) is 4. The Kier molecular flexibility index (Phi) is 3.93. The van der Waals surface area contributed by atoms with Crippen LogP contribution in [0, 0.1) is 0 Å². The Bertz CT molecular complexity index is 416. The molecule has 0 aromatic heterocycles. The monoisotopic (exact) mass is 231 g/mol. The number of ether oxygens (including phenoxy) is 1. The van der Waals surface area contributed by atoms with Crippen LogP contribution in [0.3, 0.4) is 0 Å². The standard InChI is InChI=1S/C9H13NO4S/c10-8-4-1-2-5-9(8)14-6-3-7-15(11,12)13/h1-2,4-5H,3,6-7,10H2,(H,11,12,13). The van der Waals surface area contributed by atoms with Crippen LogP contribution in [0.15, 0.2) is 24.3 Å². The van der Waals surface area contributed by atoms with Gasteiger partial charge in [0.2, 0.25) is 0 Å². The largest absolute Gasteiger partial charge is 0.491 e. The van der Waals surface area contributed by atoms with Crippen molar-refractivity contribution < 1.29 is 17.7 Å². The predicted molar refractivity (Wildman–Crippen MR) is 57.4 cm³/mol. The van der Waals surface area contributed by atoms with Crippen molar-refractivity contribution in [2.45, 2.75) is 6.42 Å². The molecule has 0 spiro atoms. The van der Waals surface area contributed by atoms with E-state index in [1.165, 1.54) is 0 Å². The van der Waals surface area contributed by atoms with Crippen molar-refractivity contribution in [3.8, 4) is 5.75 Å². The second-order valence-corrected chi connectivity index (χ2v) is 4.60. The average Bonchev–Trinajstić information content (AvgIpc) is 2.13. The van der Waals surface area contributed by atoms with Crippen molar-refractivity contribution in [2.75, 3.05) is 18.1 Å². The SMILES string of the molecule is Nc1ccccc1OCCCS(=O)(=O)O. The highest BCUT2D eigenvalue weighted by Crippen LogP contribution is 2.19. The lowest BCUT2D eigenvalue weighted by Gasteiger charge is -2.07. The van der Waals surface area contributed by atoms with E-state index in [0.717, 1.165) is 0 Å². The highest BCUT2D eigenvalue weighted by Gasteiger charge is 2.04. The predicted octanol–water partition coefficient (Wildman–Crippen LogP) is 0.925. The fraction of sp³-hybridized carbons (Fsp3) is 0.333. The van der Waals surface area contributed by atoms with Gasteiger partial charge in [-0.15, -0.1) is 0 Å². The number of benzene rings is 1. The van der Waals surface area contributed by atoms with E-state index in [4.69, 9.17) is 15.0 Å². The topological polar surface area (TPSA) is 89.6 Å². The summed E-state index contributed by atoms with van der Waals surface area (Å²) in [5, 5.41) is 0. The fourth-order valence-corrected chi connectivity index (χ4v) is 1.52. The maximum Gasteiger partial charge on any atom is 0.264 e. The van der Waals surface area contributed by atoms with Gasteiger partial charge < -0.3 is 10.5 Å². The van der Waals surface area contributed by atoms with Crippen molar-refractivity contribution >= 4 is 15.8 Å². The zero-order chi connectivity index (χ0) is 11.3. The second kappa shape index (κ2) is 4.99. The molecule has 0 unspecified atom stereocenters. The summed E-state index contributed by atoms with van der Waals surface area (Å²) in [6.45, 7) is 0.202. The lowest BCUT2D eigenvalue weighted by molar-refractivity contribution is 0.318. The molecular weight excluding hydrogens is 218 g/mol. The molecule has 0 amide bonds. The Hall–Kier alpha value is -1.27. The maximum atomic E-state index is 10.4. The van der Waals surface area contributed by atoms with Crippen molar-refractivity contribution in [3.05, 3.63) is 24.3 Å². The molecule has 0 saturated heterocycles. The molecule has 0 heterocycles. The molecule has 0 aliphatic heterocycles. The van der Waals surface area contributed by atoms with Gasteiger partial charge >= 0.3 is 0 Å². The van der Waals surface area contributed by atoms with Gasteiger partial charge in [-0.1, -0.05) is 12.1 Å². The van der Waals surface area contributed by atoms with E-state index in [0.29, 0.717) is 11.4 Å². The first-order valence-electron chi connectivity index (χ1n) is 4.41. The molecule has 15 heavy (non-hydrogen) atoms. The van der Waals surface area contributed by atoms with Crippen LogP contribution in [0.1, 0.15) is 6.42 Å². The fourth-order valence-electron chi connectivity index (χ4n) is 1.04. The van der Waals surface area contributed by atoms with Crippen molar-refractivity contribution in [2.24, 2.45) is 0 Å². The Balaban J connectivity index is 2.36. The summed E-state index contributed by atoms with van der Waals surface area (Å²) in [4.78, 5) is 0. The van der Waals surface area contributed by atoms with E-state index in [9.17, 15) is 8.42 Å². The van der Waals surface area contributed by atoms with E-state index < -0.39 is 10.1 Å². The molecule has 5 nitrogen and oxygen atoms in total. The Morgan fingerprint density at radius 3 is 2.60 bits per heavy atom. The summed E-state index contributed by atoms with van der Waals surface area (Å²) in [5.74, 6) is 0.215. The first-order valence-corrected chi connectivity index (χ1v) is 6.02. The van der Waals surface area contributed by atoms with Crippen LogP contribution >= 0.6 is 0 Å². The van der Waals surface area contributed by atoms with Gasteiger partial charge in [-0.25, -0.2) is 0 Å². The van der Waals surface area contributed by atoms with Crippen LogP contribution < -0.4 is 10.5 Å². The molecule has 1 aromatic rings. The van der Waals surface area contributed by atoms with Gasteiger partial charge in [0.15, 0.2) is 0 Å². The molecule has 0 aliphatic rings. The van der Waals surface area contributed by atoms with Crippen LogP contribution in [0.5, 0.6) is 5.75 Å². The van der Waals surface area contributed by atoms with Crippen molar-refractivity contribution in [1.82, 2.24) is 0 Å². The van der Waals surface area contributed by atoms with Crippen molar-refractivity contribution in [1.29, 1.82) is 0 Å². The van der Waals surface area contributed by atoms with E-state index in [2.05, 4.69) is 0 Å². The number of anilines is 1. The zero-order valence-electron chi connectivity index (χ0n) is 8.09. The van der Waals surface area contributed by atoms with Gasteiger partial charge in [0, 0.05) is 0 Å². The quantitative estimate of drug-likeness (QED) is 0.447. The molecule has 6 heteroatoms. The normalized spacial score (nSPS) is 11.3. The zero-order valence-corrected chi connectivity index (χ0v) is 8.90. The molecular formula is C9H13NO4S. The van der Waals surface area contributed by atoms with Gasteiger partial charge in [0.1, 0.15) is 5.75 Å². The van der Waals surface area contributed by atoms with Gasteiger partial charge in [-0.05, 0) is 18.6 Å². The smallest absolute Gasteiger partial charge is 0.264 e. The summed E-state index contributed by atoms with van der Waals surface area (Å²) >= 11 is 0. The summed E-state index contributed by atoms with van der Waals surface area (Å²) in [6, 6.07) is 6.94. The van der Waals surface area contributed by atoms with E-state index in [1.807, 2.05) is 0 Å². The lowest BCUT2D eigenvalue weighted by atomic mass is 10.3. The van der Waals surface area contributed by atoms with Crippen LogP contribution in [0.25, 0.3) is 0 Å². The molecule has 0 radical (unpaired) electrons. The Morgan fingerprint density at radius 2 is 2.00 bits per heavy atom. The Labute approximate surface area is 88.6 Å². The molecule has 1 rings (SSSR count). The molecule has 3 N–H and O–H groups in total. The molecule has 0 aliphatic carbocycles. The van der Waals surface area contributed by atoms with Crippen molar-refractivity contribution in [3.63, 3.8) is 0 Å². The summed E-state index contributed by atoms with van der Waals surface area (Å²) in [7, 11) is -3.90. The van der Waals surface area contributed by atoms with Gasteiger partial charge in [0.05, 0.1) is 18.0 Å². The van der Waals surface area contributed by atoms with Crippen LogP contribution in [-0.4, -0.2) is 25.3 Å². The molecule has 84 valence electrons. The minimum atomic E-state index is -3.90. The number of nitrogen functional groups attached to an aromatic ring is 1. The molecule has 0 fully saturated rings. The van der Waals surface area contributed by atoms with Crippen LogP contribution in [-0.2, 0) is 10.1 Å². The van der Waals surface area contributed by atoms with Gasteiger partial charge in [0.25, 0.3) is 10.1 Å². The van der Waals surface area contributed by atoms with E-state index >= 15 is 0 Å². The number of hydrogen-bond donors (Lipinski definition) is 2. The number of nitrogens with two attached hydrogens (primary N) is 1. The summed E-state index contributed by atoms with van der Waals surface area (Å²) < 4.78 is 34.5. The minimum Gasteiger partial charge on any atom is -0.491 e. The molecule has 1 aromatic carbocycles. The first kappa shape index (κ1) is 11.8. The van der Waals surface area contributed by atoms with E-state index in [1.54, 1.807) is 24.3 Å². The molecule has 0 saturated carbocycles. The first-order chi connectivity index (χ1) is 6.99. The van der Waals surface area contributed by atoms with Crippen LogP contribution in [0.4, 0.5) is 5.69 Å². The third kappa shape index (κ3) is 4.66. The highest BCUT2D eigenvalue weighted by molar-refractivity contribution is 7.85. The maximum absolute atomic E-state index is 10.4. The molecule has 0 bridgehead atoms. The third-order valence-corrected chi connectivity index (χ3v) is 2.53. The summed E-state index contributed by atoms with van der Waals surface area (Å²) in [6.07, 6.45) is 0.229. The van der Waals surface area contributed by atoms with E-state index in [-0.39, 0.29) is 18.8 Å². The highest BCUT2D eigenvalue weighted by atomic mass is 32.2. The molecule has 0 atom stereocenters. The number of para-hydroxylation sites is 2. The third-order valence-electron chi connectivity index (χ3n) is 1.72. The minimum absolute atomic E-state index is 0.202. The lowest BCUT2D eigenvalue weighted by Crippen LogP contribution is -2.09. The van der Waals surface area contributed by atoms with Gasteiger partial charge in [-0.2, -0.15) is 8.42 Å². The summed E-state index contributed by atoms with van der Waals surface area (Å²) in [5.41, 5.74) is 6.10. The van der Waals surface area contributed by atoms with Crippen LogP contribution in [0.2, 0.25) is 0 Å². The number of rotatable bonds is 5. The Morgan fingerprint density at radius 1 is 1.33 bits per heavy atom. The second-order valence-electron chi connectivity index (χ2n) is 3.03. The van der Waals surface area contributed by atoms with Gasteiger partial charge in [-0.3, -0.25) is 4.55 Å².